The summed E-state index contributed by atoms with van der Waals surface area (Å²) in [5, 5.41) is 9.90. The maximum Gasteiger partial charge on any atom is 0.311 e. The highest BCUT2D eigenvalue weighted by Gasteiger charge is 2.24. The second kappa shape index (κ2) is 6.87. The van der Waals surface area contributed by atoms with Gasteiger partial charge in [0.25, 0.3) is 0 Å². The molecule has 0 bridgehead atoms. The third kappa shape index (κ3) is 4.16. The van der Waals surface area contributed by atoms with Crippen LogP contribution in [0.5, 0.6) is 0 Å². The van der Waals surface area contributed by atoms with Gasteiger partial charge in [0.2, 0.25) is 0 Å². The van der Waals surface area contributed by atoms with Crippen LogP contribution in [0, 0.1) is 0 Å². The molecule has 0 spiro atoms. The molecule has 1 N–H and O–H groups in total. The second-order valence-electron chi connectivity index (χ2n) is 4.58. The highest BCUT2D eigenvalue weighted by Crippen LogP contribution is 2.25. The van der Waals surface area contributed by atoms with Crippen LogP contribution in [-0.4, -0.2) is 16.9 Å². The topological polar surface area (TPSA) is 54.4 Å². The van der Waals surface area contributed by atoms with Gasteiger partial charge in [-0.3, -0.25) is 9.59 Å². The van der Waals surface area contributed by atoms with Crippen LogP contribution in [-0.2, 0) is 4.79 Å². The lowest BCUT2D eigenvalue weighted by Crippen LogP contribution is -2.16. The first-order chi connectivity index (χ1) is 9.97. The van der Waals surface area contributed by atoms with Gasteiger partial charge in [-0.05, 0) is 42.0 Å². The Morgan fingerprint density at radius 2 is 1.81 bits per heavy atom. The molecule has 0 unspecified atom stereocenters. The molecule has 0 aliphatic rings. The maximum atomic E-state index is 12.2. The molecular formula is C16H12BrClO3. The number of carbonyl (C=O) groups is 2. The van der Waals surface area contributed by atoms with Gasteiger partial charge in [0, 0.05) is 21.5 Å². The number of ketones is 1. The molecule has 1 atom stereocenters. The van der Waals surface area contributed by atoms with E-state index in [1.54, 1.807) is 42.5 Å². The third-order valence-corrected chi connectivity index (χ3v) is 3.85. The first-order valence-electron chi connectivity index (χ1n) is 6.24. The van der Waals surface area contributed by atoms with E-state index in [4.69, 9.17) is 11.6 Å². The van der Waals surface area contributed by atoms with Gasteiger partial charge < -0.3 is 5.11 Å². The normalized spacial score (nSPS) is 11.9. The number of carboxylic acids is 1. The molecule has 0 amide bonds. The summed E-state index contributed by atoms with van der Waals surface area (Å²) in [6.45, 7) is 0. The Bertz CT molecular complexity index is 667. The monoisotopic (exact) mass is 366 g/mol. The molecule has 2 rings (SSSR count). The molecule has 0 radical (unpaired) electrons. The summed E-state index contributed by atoms with van der Waals surface area (Å²) in [6, 6.07) is 13.4. The number of rotatable bonds is 5. The molecule has 2 aromatic rings. The minimum Gasteiger partial charge on any atom is -0.481 e. The highest BCUT2D eigenvalue weighted by molar-refractivity contribution is 9.10. The summed E-state index contributed by atoms with van der Waals surface area (Å²) in [5.41, 5.74) is 1.06. The van der Waals surface area contributed by atoms with Gasteiger partial charge >= 0.3 is 5.97 Å². The van der Waals surface area contributed by atoms with Crippen LogP contribution < -0.4 is 0 Å². The lowest BCUT2D eigenvalue weighted by atomic mass is 9.92. The SMILES string of the molecule is O=C(C[C@@H](C(=O)O)c1cccc(Br)c1)c1ccc(Cl)cc1. The molecule has 3 nitrogen and oxygen atoms in total. The van der Waals surface area contributed by atoms with Gasteiger partial charge in [0.1, 0.15) is 0 Å². The molecule has 0 aliphatic carbocycles. The molecule has 0 fully saturated rings. The van der Waals surface area contributed by atoms with Crippen molar-refractivity contribution >= 4 is 39.3 Å². The maximum absolute atomic E-state index is 12.2. The Morgan fingerprint density at radius 1 is 1.14 bits per heavy atom. The molecule has 0 aliphatic heterocycles. The molecule has 5 heteroatoms. The van der Waals surface area contributed by atoms with Crippen LogP contribution in [0.15, 0.2) is 53.0 Å². The second-order valence-corrected chi connectivity index (χ2v) is 5.93. The molecule has 2 aromatic carbocycles. The Hall–Kier alpha value is -1.65. The average molecular weight is 368 g/mol. The van der Waals surface area contributed by atoms with Gasteiger partial charge in [-0.25, -0.2) is 0 Å². The van der Waals surface area contributed by atoms with Crippen LogP contribution in [0.1, 0.15) is 28.3 Å². The number of Topliss-reactive ketones (excluding diaryl/α,β-unsaturated/α-hetero) is 1. The fourth-order valence-corrected chi connectivity index (χ4v) is 2.55. The number of hydrogen-bond acceptors (Lipinski definition) is 2. The van der Waals surface area contributed by atoms with E-state index in [-0.39, 0.29) is 12.2 Å². The Balaban J connectivity index is 2.22. The van der Waals surface area contributed by atoms with Crippen molar-refractivity contribution in [3.63, 3.8) is 0 Å². The zero-order valence-electron chi connectivity index (χ0n) is 10.9. The van der Waals surface area contributed by atoms with Crippen molar-refractivity contribution < 1.29 is 14.7 Å². The fraction of sp³-hybridized carbons (Fsp3) is 0.125. The van der Waals surface area contributed by atoms with Crippen molar-refractivity contribution in [3.05, 3.63) is 69.2 Å². The summed E-state index contributed by atoms with van der Waals surface area (Å²) < 4.78 is 0.783. The Morgan fingerprint density at radius 3 is 2.38 bits per heavy atom. The number of benzene rings is 2. The van der Waals surface area contributed by atoms with Crippen molar-refractivity contribution in [2.75, 3.05) is 0 Å². The molecule has 0 saturated carbocycles. The predicted molar refractivity (Wildman–Crippen MR) is 84.9 cm³/mol. The summed E-state index contributed by atoms with van der Waals surface area (Å²) in [5.74, 6) is -2.11. The van der Waals surface area contributed by atoms with Gasteiger partial charge in [-0.15, -0.1) is 0 Å². The van der Waals surface area contributed by atoms with Gasteiger partial charge in [0.15, 0.2) is 5.78 Å². The molecule has 0 saturated heterocycles. The zero-order chi connectivity index (χ0) is 15.4. The molecular weight excluding hydrogens is 356 g/mol. The van der Waals surface area contributed by atoms with Crippen LogP contribution in [0.2, 0.25) is 5.02 Å². The van der Waals surface area contributed by atoms with E-state index >= 15 is 0 Å². The van der Waals surface area contributed by atoms with E-state index in [1.165, 1.54) is 0 Å². The lowest BCUT2D eigenvalue weighted by molar-refractivity contribution is -0.138. The largest absolute Gasteiger partial charge is 0.481 e. The Kier molecular flexibility index (Phi) is 5.15. The highest BCUT2D eigenvalue weighted by atomic mass is 79.9. The van der Waals surface area contributed by atoms with Crippen molar-refractivity contribution in [3.8, 4) is 0 Å². The van der Waals surface area contributed by atoms with Crippen molar-refractivity contribution in [1.82, 2.24) is 0 Å². The van der Waals surface area contributed by atoms with Gasteiger partial charge in [-0.2, -0.15) is 0 Å². The van der Waals surface area contributed by atoms with Gasteiger partial charge in [-0.1, -0.05) is 39.7 Å². The van der Waals surface area contributed by atoms with Gasteiger partial charge in [0.05, 0.1) is 5.92 Å². The van der Waals surface area contributed by atoms with Crippen LogP contribution in [0.25, 0.3) is 0 Å². The number of hydrogen-bond donors (Lipinski definition) is 1. The average Bonchev–Trinajstić information content (AvgIpc) is 2.45. The van der Waals surface area contributed by atoms with Crippen molar-refractivity contribution in [2.45, 2.75) is 12.3 Å². The first-order valence-corrected chi connectivity index (χ1v) is 7.41. The van der Waals surface area contributed by atoms with Crippen LogP contribution >= 0.6 is 27.5 Å². The fourth-order valence-electron chi connectivity index (χ4n) is 2.01. The summed E-state index contributed by atoms with van der Waals surface area (Å²) in [7, 11) is 0. The first kappa shape index (κ1) is 15.7. The summed E-state index contributed by atoms with van der Waals surface area (Å²) in [6.07, 6.45) is -0.0899. The molecule has 0 heterocycles. The Labute approximate surface area is 135 Å². The van der Waals surface area contributed by atoms with Crippen LogP contribution in [0.3, 0.4) is 0 Å². The molecule has 21 heavy (non-hydrogen) atoms. The van der Waals surface area contributed by atoms with E-state index in [9.17, 15) is 14.7 Å². The molecule has 0 aromatic heterocycles. The number of aliphatic carboxylic acids is 1. The number of halogens is 2. The third-order valence-electron chi connectivity index (χ3n) is 3.10. The quantitative estimate of drug-likeness (QED) is 0.789. The standard InChI is InChI=1S/C16H12BrClO3/c17-12-3-1-2-11(8-12)14(16(20)21)9-15(19)10-4-6-13(18)7-5-10/h1-8,14H,9H2,(H,20,21)/t14-/m1/s1. The summed E-state index contributed by atoms with van der Waals surface area (Å²) >= 11 is 9.08. The minimum atomic E-state index is -1.02. The van der Waals surface area contributed by atoms with E-state index in [1.807, 2.05) is 6.07 Å². The van der Waals surface area contributed by atoms with E-state index < -0.39 is 11.9 Å². The number of carbonyl (C=O) groups excluding carboxylic acids is 1. The van der Waals surface area contributed by atoms with Crippen molar-refractivity contribution in [1.29, 1.82) is 0 Å². The van der Waals surface area contributed by atoms with Crippen molar-refractivity contribution in [2.24, 2.45) is 0 Å². The minimum absolute atomic E-state index is 0.0899. The smallest absolute Gasteiger partial charge is 0.311 e. The lowest BCUT2D eigenvalue weighted by Gasteiger charge is -2.12. The number of carboxylic acid groups (broad SMARTS) is 1. The predicted octanol–water partition coefficient (Wildman–Crippen LogP) is 4.54. The van der Waals surface area contributed by atoms with E-state index in [2.05, 4.69) is 15.9 Å². The summed E-state index contributed by atoms with van der Waals surface area (Å²) in [4.78, 5) is 23.7. The molecule has 108 valence electrons. The van der Waals surface area contributed by atoms with E-state index in [0.717, 1.165) is 4.47 Å². The van der Waals surface area contributed by atoms with E-state index in [0.29, 0.717) is 16.1 Å². The van der Waals surface area contributed by atoms with Crippen LogP contribution in [0.4, 0.5) is 0 Å². The zero-order valence-corrected chi connectivity index (χ0v) is 13.3.